The van der Waals surface area contributed by atoms with Gasteiger partial charge in [0.25, 0.3) is 20.0 Å². The minimum Gasteiger partial charge on any atom is -0.205 e. The fourth-order valence-corrected chi connectivity index (χ4v) is 6.59. The van der Waals surface area contributed by atoms with Gasteiger partial charge in [-0.2, -0.15) is 70.2 Å². The van der Waals surface area contributed by atoms with E-state index < -0.39 is 83.8 Å². The molecule has 0 heterocycles. The van der Waals surface area contributed by atoms with Crippen molar-refractivity contribution in [2.24, 2.45) is 0 Å². The topological polar surface area (TPSA) is 71.5 Å². The van der Waals surface area contributed by atoms with E-state index in [2.05, 4.69) is 0 Å². The quantitative estimate of drug-likeness (QED) is 0.128. The largest absolute Gasteiger partial charge is 0.461 e. The molecule has 0 aliphatic carbocycles. The van der Waals surface area contributed by atoms with Crippen molar-refractivity contribution < 1.29 is 87.1 Å². The average Bonchev–Trinajstić information content (AvgIpc) is 2.75. The number of halogens is 16. The summed E-state index contributed by atoms with van der Waals surface area (Å²) in [6.45, 7) is -0.746. The lowest BCUT2D eigenvalue weighted by Gasteiger charge is -2.37. The van der Waals surface area contributed by atoms with Gasteiger partial charge in [-0.05, 0) is 6.42 Å². The van der Waals surface area contributed by atoms with Crippen molar-refractivity contribution in [2.75, 3.05) is 6.54 Å². The van der Waals surface area contributed by atoms with Crippen LogP contribution >= 0.6 is 0 Å². The third-order valence-corrected chi connectivity index (χ3v) is 9.64. The van der Waals surface area contributed by atoms with Gasteiger partial charge in [-0.1, -0.05) is 55.6 Å². The summed E-state index contributed by atoms with van der Waals surface area (Å²) in [6, 6.07) is 0. The molecule has 5 nitrogen and oxygen atoms in total. The molecule has 0 rings (SSSR count). The fraction of sp³-hybridized carbons (Fsp3) is 1.00. The molecule has 0 unspecified atom stereocenters. The molecule has 0 radical (unpaired) electrons. The maximum atomic E-state index is 14.2. The molecule has 40 heavy (non-hydrogen) atoms. The van der Waals surface area contributed by atoms with Gasteiger partial charge in [0.1, 0.15) is 0 Å². The number of unbranched alkanes of at least 4 members (excludes halogenated alkanes) is 7. The molecule has 0 aliphatic heterocycles. The highest BCUT2D eigenvalue weighted by Crippen LogP contribution is 2.57. The number of hydrogen-bond acceptors (Lipinski definition) is 4. The van der Waals surface area contributed by atoms with Gasteiger partial charge in [-0.25, -0.2) is 16.8 Å². The van der Waals surface area contributed by atoms with Crippen molar-refractivity contribution in [3.05, 3.63) is 0 Å². The first-order valence-electron chi connectivity index (χ1n) is 10.7. The normalized spacial score (nSPS) is 15.7. The minimum atomic E-state index is -8.55. The van der Waals surface area contributed by atoms with E-state index in [1.165, 1.54) is 0 Å². The van der Waals surface area contributed by atoms with E-state index in [4.69, 9.17) is 0 Å². The molecular weight excluding hydrogens is 650 g/mol. The lowest BCUT2D eigenvalue weighted by Crippen LogP contribution is -2.67. The van der Waals surface area contributed by atoms with Gasteiger partial charge in [0.2, 0.25) is 0 Å². The molecule has 242 valence electrons. The lowest BCUT2D eigenvalue weighted by atomic mass is 10.1. The second-order valence-electron chi connectivity index (χ2n) is 8.23. The van der Waals surface area contributed by atoms with Crippen LogP contribution < -0.4 is 0 Å². The van der Waals surface area contributed by atoms with Crippen LogP contribution in [0.1, 0.15) is 58.3 Å². The Bertz CT molecular complexity index is 1050. The average molecular weight is 671 g/mol. The SMILES string of the molecule is CCCCCCCCCCN(S(=O)(=O)C(F)(F)C(F)(F)C(F)(F)F)S(=O)(=O)C(F)(F)C(F)(F)C(F)(F)C(F)(F)F. The highest BCUT2D eigenvalue weighted by molar-refractivity contribution is 8.05. The van der Waals surface area contributed by atoms with Gasteiger partial charge in [-0.15, -0.1) is 0 Å². The smallest absolute Gasteiger partial charge is 0.205 e. The Labute approximate surface area is 217 Å². The van der Waals surface area contributed by atoms with Crippen LogP contribution in [0.4, 0.5) is 70.2 Å². The summed E-state index contributed by atoms with van der Waals surface area (Å²) in [5.41, 5.74) is 0. The monoisotopic (exact) mass is 671 g/mol. The Morgan fingerprint density at radius 1 is 0.450 bits per heavy atom. The maximum absolute atomic E-state index is 14.2. The summed E-state index contributed by atoms with van der Waals surface area (Å²) in [6.07, 6.45) is -14.7. The van der Waals surface area contributed by atoms with E-state index >= 15 is 0 Å². The predicted octanol–water partition coefficient (Wildman–Crippen LogP) is 7.30. The van der Waals surface area contributed by atoms with Crippen LogP contribution in [0.2, 0.25) is 0 Å². The van der Waals surface area contributed by atoms with E-state index in [-0.39, 0.29) is 12.8 Å². The molecule has 0 aromatic heterocycles. The summed E-state index contributed by atoms with van der Waals surface area (Å²) in [5, 5.41) is -15.8. The highest BCUT2D eigenvalue weighted by atomic mass is 32.3. The molecule has 23 heteroatoms. The Kier molecular flexibility index (Phi) is 11.8. The molecule has 0 bridgehead atoms. The van der Waals surface area contributed by atoms with Gasteiger partial charge in [0.05, 0.1) is 0 Å². The van der Waals surface area contributed by atoms with Gasteiger partial charge in [0, 0.05) is 6.54 Å². The lowest BCUT2D eigenvalue weighted by molar-refractivity contribution is -0.382. The molecule has 0 saturated carbocycles. The molecule has 0 spiro atoms. The summed E-state index contributed by atoms with van der Waals surface area (Å²) in [5.74, 6) is -24.0. The summed E-state index contributed by atoms with van der Waals surface area (Å²) < 4.78 is 256. The van der Waals surface area contributed by atoms with Crippen LogP contribution in [-0.4, -0.2) is 67.7 Å². The predicted molar refractivity (Wildman–Crippen MR) is 104 cm³/mol. The zero-order valence-corrected chi connectivity index (χ0v) is 21.4. The molecule has 0 aromatic rings. The van der Waals surface area contributed by atoms with Crippen molar-refractivity contribution in [3.63, 3.8) is 0 Å². The number of sulfonamides is 2. The third-order valence-electron chi connectivity index (χ3n) is 5.22. The summed E-state index contributed by atoms with van der Waals surface area (Å²) in [7, 11) is -17.0. The van der Waals surface area contributed by atoms with Crippen LogP contribution in [0.15, 0.2) is 0 Å². The molecule has 0 aromatic carbocycles. The fourth-order valence-electron chi connectivity index (χ4n) is 2.85. The zero-order valence-electron chi connectivity index (χ0n) is 19.8. The Hall–Kier alpha value is -1.26. The van der Waals surface area contributed by atoms with E-state index in [1.807, 2.05) is 0 Å². The molecular formula is C17H21F16NO4S2. The number of hydrogen-bond donors (Lipinski definition) is 0. The first kappa shape index (κ1) is 38.7. The van der Waals surface area contributed by atoms with E-state index in [0.29, 0.717) is 19.3 Å². The van der Waals surface area contributed by atoms with Crippen molar-refractivity contribution in [2.45, 2.75) is 98.9 Å². The van der Waals surface area contributed by atoms with Gasteiger partial charge in [-0.3, -0.25) is 0 Å². The Morgan fingerprint density at radius 3 is 1.07 bits per heavy atom. The number of nitrogens with zero attached hydrogens (tertiary/aromatic N) is 1. The van der Waals surface area contributed by atoms with Crippen molar-refractivity contribution in [3.8, 4) is 0 Å². The zero-order chi connectivity index (χ0) is 32.4. The number of rotatable bonds is 16. The second kappa shape index (κ2) is 12.2. The molecule has 0 aliphatic rings. The van der Waals surface area contributed by atoms with E-state index in [0.717, 1.165) is 6.42 Å². The number of alkyl halides is 16. The molecule has 0 amide bonds. The molecule has 0 saturated heterocycles. The van der Waals surface area contributed by atoms with Crippen molar-refractivity contribution in [1.29, 1.82) is 0 Å². The van der Waals surface area contributed by atoms with Crippen LogP contribution in [0, 0.1) is 0 Å². The molecule has 0 atom stereocenters. The second-order valence-corrected chi connectivity index (χ2v) is 12.3. The molecule has 0 N–H and O–H groups in total. The van der Waals surface area contributed by atoms with E-state index in [9.17, 15) is 87.1 Å². The third kappa shape index (κ3) is 6.69. The van der Waals surface area contributed by atoms with Crippen molar-refractivity contribution >= 4 is 20.0 Å². The minimum absolute atomic E-state index is 0.133. The Balaban J connectivity index is 6.85. The van der Waals surface area contributed by atoms with Crippen LogP contribution in [0.25, 0.3) is 0 Å². The Morgan fingerprint density at radius 2 is 0.750 bits per heavy atom. The van der Waals surface area contributed by atoms with Gasteiger partial charge in [0.15, 0.2) is 0 Å². The molecule has 0 fully saturated rings. The van der Waals surface area contributed by atoms with Crippen LogP contribution in [-0.2, 0) is 20.0 Å². The maximum Gasteiger partial charge on any atom is 0.461 e. The summed E-state index contributed by atoms with van der Waals surface area (Å²) >= 11 is 0. The standard InChI is InChI=1S/C17H21F16NO4S2/c1-2-3-4-5-6-7-8-9-10-34(40(37,38)17(32,33)13(22,23)15(27,28)29)39(35,36)16(30,31)12(20,21)11(18,19)14(24,25)26/h2-10H2,1H3. The van der Waals surface area contributed by atoms with Gasteiger partial charge >= 0.3 is 40.6 Å². The van der Waals surface area contributed by atoms with E-state index in [1.54, 1.807) is 6.92 Å². The first-order valence-corrected chi connectivity index (χ1v) is 13.6. The highest BCUT2D eigenvalue weighted by Gasteiger charge is 2.87. The first-order chi connectivity index (χ1) is 17.4. The van der Waals surface area contributed by atoms with Crippen LogP contribution in [0.3, 0.4) is 0 Å². The van der Waals surface area contributed by atoms with Gasteiger partial charge < -0.3 is 0 Å². The summed E-state index contributed by atoms with van der Waals surface area (Å²) in [4.78, 5) is 0. The van der Waals surface area contributed by atoms with Crippen LogP contribution in [0.5, 0.6) is 0 Å². The van der Waals surface area contributed by atoms with Crippen molar-refractivity contribution in [1.82, 2.24) is 3.71 Å².